The van der Waals surface area contributed by atoms with Gasteiger partial charge in [-0.2, -0.15) is 0 Å². The average molecular weight is 180 g/mol. The van der Waals surface area contributed by atoms with Gasteiger partial charge in [-0.05, 0) is 27.0 Å². The average Bonchev–Trinajstić information content (AvgIpc) is 2.13. The van der Waals surface area contributed by atoms with Crippen molar-refractivity contribution in [1.29, 1.82) is 0 Å². The Labute approximate surface area is 78.4 Å². The molecule has 1 aromatic rings. The molecule has 0 aliphatic heterocycles. The molecule has 1 aromatic heterocycles. The molecule has 0 bridgehead atoms. The quantitative estimate of drug-likeness (QED) is 0.745. The highest BCUT2D eigenvalue weighted by Gasteiger charge is 2.02. The molecule has 0 aliphatic carbocycles. The van der Waals surface area contributed by atoms with Gasteiger partial charge in [-0.25, -0.2) is 0 Å². The van der Waals surface area contributed by atoms with Crippen molar-refractivity contribution in [2.24, 2.45) is 0 Å². The third-order valence-electron chi connectivity index (χ3n) is 2.17. The van der Waals surface area contributed by atoms with E-state index in [2.05, 4.69) is 12.2 Å². The Bertz CT molecular complexity index is 330. The van der Waals surface area contributed by atoms with Crippen LogP contribution >= 0.6 is 0 Å². The minimum absolute atomic E-state index is 0.101. The molecule has 0 spiro atoms. The van der Waals surface area contributed by atoms with Crippen molar-refractivity contribution in [3.05, 3.63) is 34.2 Å². The maximum absolute atomic E-state index is 11.6. The lowest BCUT2D eigenvalue weighted by Gasteiger charge is -2.12. The van der Waals surface area contributed by atoms with Gasteiger partial charge in [0.05, 0.1) is 0 Å². The molecular weight excluding hydrogens is 164 g/mol. The summed E-state index contributed by atoms with van der Waals surface area (Å²) in [5, 5.41) is 3.10. The molecule has 0 amide bonds. The summed E-state index contributed by atoms with van der Waals surface area (Å²) in [6, 6.07) is 4.06. The molecule has 1 rings (SSSR count). The molecule has 1 unspecified atom stereocenters. The fourth-order valence-electron chi connectivity index (χ4n) is 1.19. The molecule has 0 aromatic carbocycles. The lowest BCUT2D eigenvalue weighted by atomic mass is 10.3. The van der Waals surface area contributed by atoms with E-state index in [0.29, 0.717) is 6.04 Å². The third kappa shape index (κ3) is 2.42. The van der Waals surface area contributed by atoms with Crippen LogP contribution in [0.5, 0.6) is 0 Å². The molecule has 72 valence electrons. The SMILES string of the molecule is CNC(C)Cn1cccc(C)c1=O. The van der Waals surface area contributed by atoms with Gasteiger partial charge in [0.25, 0.3) is 5.56 Å². The monoisotopic (exact) mass is 180 g/mol. The molecule has 3 heteroatoms. The Morgan fingerprint density at radius 3 is 2.92 bits per heavy atom. The Kier molecular flexibility index (Phi) is 3.25. The molecule has 1 heterocycles. The number of pyridine rings is 1. The van der Waals surface area contributed by atoms with Gasteiger partial charge in [-0.3, -0.25) is 4.79 Å². The predicted octanol–water partition coefficient (Wildman–Crippen LogP) is 0.765. The first kappa shape index (κ1) is 9.99. The van der Waals surface area contributed by atoms with E-state index in [-0.39, 0.29) is 5.56 Å². The van der Waals surface area contributed by atoms with Crippen LogP contribution in [0.1, 0.15) is 12.5 Å². The van der Waals surface area contributed by atoms with Crippen LogP contribution in [-0.4, -0.2) is 17.7 Å². The maximum Gasteiger partial charge on any atom is 0.253 e. The molecular formula is C10H16N2O. The van der Waals surface area contributed by atoms with E-state index < -0.39 is 0 Å². The number of rotatable bonds is 3. The highest BCUT2D eigenvalue weighted by Crippen LogP contribution is 1.91. The Morgan fingerprint density at radius 1 is 1.62 bits per heavy atom. The zero-order valence-corrected chi connectivity index (χ0v) is 8.37. The Morgan fingerprint density at radius 2 is 2.31 bits per heavy atom. The van der Waals surface area contributed by atoms with Crippen molar-refractivity contribution in [2.45, 2.75) is 26.4 Å². The summed E-state index contributed by atoms with van der Waals surface area (Å²) in [6.07, 6.45) is 1.82. The fourth-order valence-corrected chi connectivity index (χ4v) is 1.19. The van der Waals surface area contributed by atoms with Crippen molar-refractivity contribution in [2.75, 3.05) is 7.05 Å². The first-order valence-electron chi connectivity index (χ1n) is 4.48. The number of nitrogens with one attached hydrogen (secondary N) is 1. The van der Waals surface area contributed by atoms with Crippen LogP contribution in [0.3, 0.4) is 0 Å². The summed E-state index contributed by atoms with van der Waals surface area (Å²) in [5.74, 6) is 0. The summed E-state index contributed by atoms with van der Waals surface area (Å²) in [7, 11) is 1.89. The normalized spacial score (nSPS) is 12.8. The van der Waals surface area contributed by atoms with E-state index in [1.165, 1.54) is 0 Å². The lowest BCUT2D eigenvalue weighted by Crippen LogP contribution is -2.32. The van der Waals surface area contributed by atoms with Crippen molar-refractivity contribution < 1.29 is 0 Å². The Balaban J connectivity index is 2.89. The van der Waals surface area contributed by atoms with Gasteiger partial charge in [-0.15, -0.1) is 0 Å². The van der Waals surface area contributed by atoms with Crippen LogP contribution in [0.2, 0.25) is 0 Å². The minimum atomic E-state index is 0.101. The van der Waals surface area contributed by atoms with E-state index in [9.17, 15) is 4.79 Å². The zero-order chi connectivity index (χ0) is 9.84. The van der Waals surface area contributed by atoms with Gasteiger partial charge >= 0.3 is 0 Å². The van der Waals surface area contributed by atoms with Gasteiger partial charge in [0.2, 0.25) is 0 Å². The van der Waals surface area contributed by atoms with E-state index in [4.69, 9.17) is 0 Å². The first-order chi connectivity index (χ1) is 6.15. The fraction of sp³-hybridized carbons (Fsp3) is 0.500. The molecule has 1 atom stereocenters. The summed E-state index contributed by atoms with van der Waals surface area (Å²) < 4.78 is 1.73. The second-order valence-corrected chi connectivity index (χ2v) is 3.34. The van der Waals surface area contributed by atoms with Crippen molar-refractivity contribution >= 4 is 0 Å². The smallest absolute Gasteiger partial charge is 0.253 e. The molecule has 0 aliphatic rings. The van der Waals surface area contributed by atoms with Crippen LogP contribution in [-0.2, 0) is 6.54 Å². The number of hydrogen-bond donors (Lipinski definition) is 1. The maximum atomic E-state index is 11.6. The van der Waals surface area contributed by atoms with Gasteiger partial charge in [-0.1, -0.05) is 6.07 Å². The van der Waals surface area contributed by atoms with Gasteiger partial charge in [0.15, 0.2) is 0 Å². The molecule has 0 saturated heterocycles. The van der Waals surface area contributed by atoms with Gasteiger partial charge in [0.1, 0.15) is 0 Å². The first-order valence-corrected chi connectivity index (χ1v) is 4.48. The highest BCUT2D eigenvalue weighted by molar-refractivity contribution is 5.07. The van der Waals surface area contributed by atoms with E-state index >= 15 is 0 Å². The summed E-state index contributed by atoms with van der Waals surface area (Å²) in [6.45, 7) is 4.61. The second kappa shape index (κ2) is 4.23. The minimum Gasteiger partial charge on any atom is -0.315 e. The summed E-state index contributed by atoms with van der Waals surface area (Å²) >= 11 is 0. The molecule has 0 saturated carbocycles. The molecule has 13 heavy (non-hydrogen) atoms. The van der Waals surface area contributed by atoms with E-state index in [0.717, 1.165) is 12.1 Å². The third-order valence-corrected chi connectivity index (χ3v) is 2.17. The van der Waals surface area contributed by atoms with Crippen LogP contribution < -0.4 is 10.9 Å². The van der Waals surface area contributed by atoms with E-state index in [1.807, 2.05) is 32.3 Å². The predicted molar refractivity (Wildman–Crippen MR) is 54.0 cm³/mol. The molecule has 0 fully saturated rings. The van der Waals surface area contributed by atoms with Crippen molar-refractivity contribution in [3.8, 4) is 0 Å². The standard InChI is InChI=1S/C10H16N2O/c1-8-5-4-6-12(10(8)13)7-9(2)11-3/h4-6,9,11H,7H2,1-3H3. The number of aryl methyl sites for hydroxylation is 1. The van der Waals surface area contributed by atoms with Gasteiger partial charge < -0.3 is 9.88 Å². The van der Waals surface area contributed by atoms with E-state index in [1.54, 1.807) is 4.57 Å². The molecule has 3 nitrogen and oxygen atoms in total. The van der Waals surface area contributed by atoms with Crippen LogP contribution in [0.15, 0.2) is 23.1 Å². The molecule has 0 radical (unpaired) electrons. The van der Waals surface area contributed by atoms with Crippen LogP contribution in [0.25, 0.3) is 0 Å². The van der Waals surface area contributed by atoms with Crippen molar-refractivity contribution in [3.63, 3.8) is 0 Å². The Hall–Kier alpha value is -1.09. The second-order valence-electron chi connectivity index (χ2n) is 3.34. The van der Waals surface area contributed by atoms with Gasteiger partial charge in [0, 0.05) is 24.3 Å². The zero-order valence-electron chi connectivity index (χ0n) is 8.37. The van der Waals surface area contributed by atoms with Crippen LogP contribution in [0, 0.1) is 6.92 Å². The highest BCUT2D eigenvalue weighted by atomic mass is 16.1. The number of nitrogens with zero attached hydrogens (tertiary/aromatic N) is 1. The largest absolute Gasteiger partial charge is 0.315 e. The number of likely N-dealkylation sites (N-methyl/N-ethyl adjacent to an activating group) is 1. The van der Waals surface area contributed by atoms with Crippen LogP contribution in [0.4, 0.5) is 0 Å². The van der Waals surface area contributed by atoms with Crippen molar-refractivity contribution in [1.82, 2.24) is 9.88 Å². The topological polar surface area (TPSA) is 34.0 Å². The summed E-state index contributed by atoms with van der Waals surface area (Å²) in [5.41, 5.74) is 0.899. The lowest BCUT2D eigenvalue weighted by molar-refractivity contribution is 0.504. The number of aromatic nitrogens is 1. The number of hydrogen-bond acceptors (Lipinski definition) is 2. The molecule has 1 N–H and O–H groups in total. The summed E-state index contributed by atoms with van der Waals surface area (Å²) in [4.78, 5) is 11.6.